The van der Waals surface area contributed by atoms with Crippen LogP contribution in [0.25, 0.3) is 0 Å². The molecular formula is C12H25N. The second kappa shape index (κ2) is 5.43. The zero-order chi connectivity index (χ0) is 10.6. The summed E-state index contributed by atoms with van der Waals surface area (Å²) in [6, 6.07) is 0.989. The van der Waals surface area contributed by atoms with Crippen molar-refractivity contribution in [2.24, 2.45) is 11.8 Å². The first-order chi connectivity index (χ1) is 5.86. The normalized spacial score (nSPS) is 14.2. The molecule has 0 fully saturated rings. The number of nitrogens with one attached hydrogen (secondary N) is 1. The van der Waals surface area contributed by atoms with E-state index < -0.39 is 0 Å². The summed E-state index contributed by atoms with van der Waals surface area (Å²) in [5.41, 5.74) is 1.32. The molecule has 0 aromatic rings. The summed E-state index contributed by atoms with van der Waals surface area (Å²) in [7, 11) is 0. The molecule has 0 amide bonds. The summed E-state index contributed by atoms with van der Waals surface area (Å²) in [6.45, 7) is 17.4. The van der Waals surface area contributed by atoms with Crippen LogP contribution < -0.4 is 5.32 Å². The number of hydrogen-bond acceptors (Lipinski definition) is 1. The van der Waals surface area contributed by atoms with Crippen molar-refractivity contribution in [3.8, 4) is 0 Å². The zero-order valence-corrected chi connectivity index (χ0v) is 10.0. The average Bonchev–Trinajstić information content (AvgIpc) is 1.97. The van der Waals surface area contributed by atoms with Crippen LogP contribution in [0.1, 0.15) is 41.5 Å². The Morgan fingerprint density at radius 1 is 1.00 bits per heavy atom. The molecule has 0 aromatic heterocycles. The van der Waals surface area contributed by atoms with Crippen LogP contribution in [0.2, 0.25) is 0 Å². The molecule has 0 unspecified atom stereocenters. The van der Waals surface area contributed by atoms with Gasteiger partial charge >= 0.3 is 0 Å². The molecule has 1 nitrogen and oxygen atoms in total. The molecule has 0 spiro atoms. The molecule has 1 N–H and O–H groups in total. The van der Waals surface area contributed by atoms with Gasteiger partial charge in [-0.15, -0.1) is 0 Å². The van der Waals surface area contributed by atoms with Gasteiger partial charge in [-0.1, -0.05) is 53.7 Å². The van der Waals surface area contributed by atoms with Crippen molar-refractivity contribution in [3.05, 3.63) is 12.2 Å². The maximum atomic E-state index is 4.17. The van der Waals surface area contributed by atoms with Crippen LogP contribution in [-0.4, -0.2) is 12.1 Å². The second-order valence-corrected chi connectivity index (χ2v) is 4.77. The highest BCUT2D eigenvalue weighted by molar-refractivity contribution is 5.09. The Morgan fingerprint density at radius 3 is 1.69 bits per heavy atom. The fourth-order valence-corrected chi connectivity index (χ4v) is 1.45. The van der Waals surface area contributed by atoms with Crippen LogP contribution in [0.3, 0.4) is 0 Å². The van der Waals surface area contributed by atoms with Gasteiger partial charge in [0.1, 0.15) is 0 Å². The summed E-state index contributed by atoms with van der Waals surface area (Å²) in [6.07, 6.45) is 0. The van der Waals surface area contributed by atoms with E-state index in [-0.39, 0.29) is 0 Å². The van der Waals surface area contributed by atoms with Crippen LogP contribution in [-0.2, 0) is 0 Å². The van der Waals surface area contributed by atoms with E-state index >= 15 is 0 Å². The Balaban J connectivity index is 4.33. The van der Waals surface area contributed by atoms with Crippen molar-refractivity contribution in [1.82, 2.24) is 5.32 Å². The molecule has 78 valence electrons. The van der Waals surface area contributed by atoms with Crippen LogP contribution in [0, 0.1) is 11.8 Å². The SMILES string of the molecule is C=C(C(C)C)[C@@H](NC(C)C)C(C)C. The molecule has 0 saturated carbocycles. The van der Waals surface area contributed by atoms with Crippen molar-refractivity contribution in [3.63, 3.8) is 0 Å². The van der Waals surface area contributed by atoms with E-state index in [0.717, 1.165) is 0 Å². The van der Waals surface area contributed by atoms with Crippen molar-refractivity contribution in [1.29, 1.82) is 0 Å². The van der Waals surface area contributed by atoms with E-state index in [4.69, 9.17) is 0 Å². The van der Waals surface area contributed by atoms with Gasteiger partial charge in [0, 0.05) is 12.1 Å². The first-order valence-corrected chi connectivity index (χ1v) is 5.31. The lowest BCUT2D eigenvalue weighted by Gasteiger charge is -2.29. The van der Waals surface area contributed by atoms with Crippen LogP contribution >= 0.6 is 0 Å². The summed E-state index contributed by atoms with van der Waals surface area (Å²) in [5.74, 6) is 1.19. The molecule has 0 saturated heterocycles. The van der Waals surface area contributed by atoms with Gasteiger partial charge in [0.2, 0.25) is 0 Å². The van der Waals surface area contributed by atoms with Gasteiger partial charge in [0.25, 0.3) is 0 Å². The van der Waals surface area contributed by atoms with Gasteiger partial charge < -0.3 is 5.32 Å². The molecule has 13 heavy (non-hydrogen) atoms. The van der Waals surface area contributed by atoms with Crippen molar-refractivity contribution >= 4 is 0 Å². The summed E-state index contributed by atoms with van der Waals surface area (Å²) >= 11 is 0. The Labute approximate surface area is 83.6 Å². The highest BCUT2D eigenvalue weighted by atomic mass is 14.9. The molecule has 0 heterocycles. The van der Waals surface area contributed by atoms with Crippen LogP contribution in [0.5, 0.6) is 0 Å². The van der Waals surface area contributed by atoms with E-state index in [1.165, 1.54) is 5.57 Å². The average molecular weight is 183 g/mol. The van der Waals surface area contributed by atoms with Crippen molar-refractivity contribution in [2.45, 2.75) is 53.6 Å². The lowest BCUT2D eigenvalue weighted by Crippen LogP contribution is -2.40. The highest BCUT2D eigenvalue weighted by Gasteiger charge is 2.18. The summed E-state index contributed by atoms with van der Waals surface area (Å²) in [4.78, 5) is 0. The van der Waals surface area contributed by atoms with Crippen molar-refractivity contribution < 1.29 is 0 Å². The quantitative estimate of drug-likeness (QED) is 0.645. The lowest BCUT2D eigenvalue weighted by atomic mass is 9.89. The van der Waals surface area contributed by atoms with Gasteiger partial charge in [0.15, 0.2) is 0 Å². The third-order valence-corrected chi connectivity index (χ3v) is 2.32. The lowest BCUT2D eigenvalue weighted by molar-refractivity contribution is 0.392. The minimum Gasteiger partial charge on any atom is -0.308 e. The standard InChI is InChI=1S/C12H25N/c1-8(2)11(7)12(9(3)4)13-10(5)6/h8-10,12-13H,7H2,1-6H3/t12-/m0/s1. The van der Waals surface area contributed by atoms with E-state index in [1.54, 1.807) is 0 Å². The van der Waals surface area contributed by atoms with E-state index in [0.29, 0.717) is 23.9 Å². The molecule has 0 bridgehead atoms. The van der Waals surface area contributed by atoms with Gasteiger partial charge in [-0.25, -0.2) is 0 Å². The van der Waals surface area contributed by atoms with Crippen LogP contribution in [0.4, 0.5) is 0 Å². The van der Waals surface area contributed by atoms with Gasteiger partial charge in [-0.3, -0.25) is 0 Å². The van der Waals surface area contributed by atoms with Gasteiger partial charge in [0.05, 0.1) is 0 Å². The largest absolute Gasteiger partial charge is 0.308 e. The Morgan fingerprint density at radius 2 is 1.46 bits per heavy atom. The fraction of sp³-hybridized carbons (Fsp3) is 0.833. The smallest absolute Gasteiger partial charge is 0.0304 e. The Kier molecular flexibility index (Phi) is 5.31. The van der Waals surface area contributed by atoms with E-state index in [1.807, 2.05) is 0 Å². The molecule has 0 radical (unpaired) electrons. The fourth-order valence-electron chi connectivity index (χ4n) is 1.45. The Bertz CT molecular complexity index is 157. The molecule has 0 aliphatic rings. The molecule has 0 aliphatic carbocycles. The molecule has 0 rings (SSSR count). The highest BCUT2D eigenvalue weighted by Crippen LogP contribution is 2.18. The van der Waals surface area contributed by atoms with E-state index in [9.17, 15) is 0 Å². The molecular weight excluding hydrogens is 158 g/mol. The topological polar surface area (TPSA) is 12.0 Å². The predicted molar refractivity (Wildman–Crippen MR) is 60.9 cm³/mol. The van der Waals surface area contributed by atoms with Gasteiger partial charge in [-0.2, -0.15) is 0 Å². The Hall–Kier alpha value is -0.300. The second-order valence-electron chi connectivity index (χ2n) is 4.77. The maximum Gasteiger partial charge on any atom is 0.0304 e. The molecule has 1 heteroatoms. The van der Waals surface area contributed by atoms with Gasteiger partial charge in [-0.05, 0) is 11.8 Å². The maximum absolute atomic E-state index is 4.17. The summed E-state index contributed by atoms with van der Waals surface area (Å²) < 4.78 is 0. The monoisotopic (exact) mass is 183 g/mol. The molecule has 0 aromatic carbocycles. The van der Waals surface area contributed by atoms with Crippen LogP contribution in [0.15, 0.2) is 12.2 Å². The number of hydrogen-bond donors (Lipinski definition) is 1. The van der Waals surface area contributed by atoms with Crippen molar-refractivity contribution in [2.75, 3.05) is 0 Å². The molecule has 0 aliphatic heterocycles. The van der Waals surface area contributed by atoms with E-state index in [2.05, 4.69) is 53.4 Å². The third kappa shape index (κ3) is 4.47. The first kappa shape index (κ1) is 12.7. The summed E-state index contributed by atoms with van der Waals surface area (Å²) in [5, 5.41) is 3.56. The minimum absolute atomic E-state index is 0.458. The zero-order valence-electron chi connectivity index (χ0n) is 10.0. The predicted octanol–water partition coefficient (Wildman–Crippen LogP) is 3.22. The minimum atomic E-state index is 0.458. The molecule has 1 atom stereocenters. The first-order valence-electron chi connectivity index (χ1n) is 5.31. The third-order valence-electron chi connectivity index (χ3n) is 2.32. The number of rotatable bonds is 5.